The molecule has 0 unspecified atom stereocenters. The second kappa shape index (κ2) is 5.31. The molecule has 0 bridgehead atoms. The van der Waals surface area contributed by atoms with Gasteiger partial charge in [-0.3, -0.25) is 19.4 Å². The maximum atomic E-state index is 13.1. The SMILES string of the molecule is Cc1ccc(C)c(S(=O)(=O)N2CCc3cnccc32)c1[N+](=O)[O-]. The number of aromatic nitrogens is 1. The van der Waals surface area contributed by atoms with Crippen LogP contribution in [0.4, 0.5) is 11.4 Å². The van der Waals surface area contributed by atoms with Crippen LogP contribution in [-0.2, 0) is 16.4 Å². The third kappa shape index (κ3) is 2.35. The molecular formula is C15H15N3O4S. The molecule has 2 aromatic rings. The zero-order chi connectivity index (χ0) is 16.8. The number of hydrogen-bond donors (Lipinski definition) is 0. The fourth-order valence-corrected chi connectivity index (χ4v) is 4.82. The summed E-state index contributed by atoms with van der Waals surface area (Å²) in [4.78, 5) is 14.6. The average molecular weight is 333 g/mol. The summed E-state index contributed by atoms with van der Waals surface area (Å²) in [7, 11) is -4.02. The van der Waals surface area contributed by atoms with Crippen LogP contribution in [0, 0.1) is 24.0 Å². The van der Waals surface area contributed by atoms with Gasteiger partial charge in [-0.15, -0.1) is 0 Å². The molecule has 2 heterocycles. The van der Waals surface area contributed by atoms with Crippen molar-refractivity contribution in [3.05, 3.63) is 57.4 Å². The van der Waals surface area contributed by atoms with E-state index in [-0.39, 0.29) is 17.1 Å². The van der Waals surface area contributed by atoms with Gasteiger partial charge < -0.3 is 0 Å². The first-order valence-electron chi connectivity index (χ1n) is 7.04. The van der Waals surface area contributed by atoms with Crippen LogP contribution >= 0.6 is 0 Å². The molecule has 1 aromatic carbocycles. The van der Waals surface area contributed by atoms with Gasteiger partial charge in [0.05, 0.1) is 10.6 Å². The van der Waals surface area contributed by atoms with Crippen molar-refractivity contribution in [3.63, 3.8) is 0 Å². The zero-order valence-electron chi connectivity index (χ0n) is 12.7. The molecule has 120 valence electrons. The Morgan fingerprint density at radius 3 is 2.61 bits per heavy atom. The summed E-state index contributed by atoms with van der Waals surface area (Å²) in [5, 5.41) is 11.4. The van der Waals surface area contributed by atoms with E-state index in [1.165, 1.54) is 10.5 Å². The Morgan fingerprint density at radius 1 is 1.22 bits per heavy atom. The van der Waals surface area contributed by atoms with E-state index in [1.807, 2.05) is 0 Å². The van der Waals surface area contributed by atoms with Gasteiger partial charge in [-0.05, 0) is 37.5 Å². The smallest absolute Gasteiger partial charge is 0.265 e. The summed E-state index contributed by atoms with van der Waals surface area (Å²) in [6.07, 6.45) is 3.69. The molecule has 0 atom stereocenters. The van der Waals surface area contributed by atoms with Gasteiger partial charge in [-0.2, -0.15) is 0 Å². The minimum atomic E-state index is -4.02. The van der Waals surface area contributed by atoms with E-state index in [4.69, 9.17) is 0 Å². The Kier molecular flexibility index (Phi) is 3.56. The van der Waals surface area contributed by atoms with Gasteiger partial charge in [-0.1, -0.05) is 12.1 Å². The van der Waals surface area contributed by atoms with Crippen LogP contribution in [0.15, 0.2) is 35.5 Å². The second-order valence-electron chi connectivity index (χ2n) is 5.47. The molecule has 7 nitrogen and oxygen atoms in total. The first-order chi connectivity index (χ1) is 10.8. The van der Waals surface area contributed by atoms with Crippen LogP contribution in [0.3, 0.4) is 0 Å². The van der Waals surface area contributed by atoms with Crippen molar-refractivity contribution in [2.24, 2.45) is 0 Å². The van der Waals surface area contributed by atoms with Crippen molar-refractivity contribution in [3.8, 4) is 0 Å². The summed E-state index contributed by atoms with van der Waals surface area (Å²) in [5.41, 5.74) is 1.70. The van der Waals surface area contributed by atoms with E-state index in [2.05, 4.69) is 4.98 Å². The Balaban J connectivity index is 2.24. The van der Waals surface area contributed by atoms with Crippen LogP contribution in [0.2, 0.25) is 0 Å². The number of sulfonamides is 1. The van der Waals surface area contributed by atoms with E-state index in [0.717, 1.165) is 5.56 Å². The predicted octanol–water partition coefficient (Wildman–Crippen LogP) is 2.36. The molecule has 1 aliphatic rings. The molecule has 1 aromatic heterocycles. The first-order valence-corrected chi connectivity index (χ1v) is 8.48. The van der Waals surface area contributed by atoms with E-state index < -0.39 is 14.9 Å². The Labute approximate surface area is 133 Å². The van der Waals surface area contributed by atoms with Crippen LogP contribution in [0.5, 0.6) is 0 Å². The van der Waals surface area contributed by atoms with Crippen molar-refractivity contribution in [2.45, 2.75) is 25.2 Å². The van der Waals surface area contributed by atoms with Crippen LogP contribution in [0.25, 0.3) is 0 Å². The van der Waals surface area contributed by atoms with Gasteiger partial charge in [-0.25, -0.2) is 8.42 Å². The highest BCUT2D eigenvalue weighted by molar-refractivity contribution is 7.93. The molecule has 23 heavy (non-hydrogen) atoms. The van der Waals surface area contributed by atoms with Crippen LogP contribution < -0.4 is 4.31 Å². The summed E-state index contributed by atoms with van der Waals surface area (Å²) in [5.74, 6) is 0. The minimum absolute atomic E-state index is 0.229. The van der Waals surface area contributed by atoms with Crippen molar-refractivity contribution >= 4 is 21.4 Å². The second-order valence-corrected chi connectivity index (χ2v) is 7.26. The van der Waals surface area contributed by atoms with Crippen molar-refractivity contribution in [2.75, 3.05) is 10.8 Å². The number of anilines is 1. The maximum absolute atomic E-state index is 13.1. The highest BCUT2D eigenvalue weighted by Crippen LogP contribution is 2.37. The lowest BCUT2D eigenvalue weighted by Gasteiger charge is -2.21. The number of fused-ring (bicyclic) bond motifs is 1. The van der Waals surface area contributed by atoms with Crippen molar-refractivity contribution in [1.82, 2.24) is 4.98 Å². The number of hydrogen-bond acceptors (Lipinski definition) is 5. The van der Waals surface area contributed by atoms with E-state index in [1.54, 1.807) is 38.2 Å². The monoisotopic (exact) mass is 333 g/mol. The lowest BCUT2D eigenvalue weighted by atomic mass is 10.1. The molecule has 0 radical (unpaired) electrons. The number of nitro groups is 1. The minimum Gasteiger partial charge on any atom is -0.265 e. The molecule has 0 spiro atoms. The van der Waals surface area contributed by atoms with Gasteiger partial charge in [0.1, 0.15) is 0 Å². The fourth-order valence-electron chi connectivity index (χ4n) is 2.88. The highest BCUT2D eigenvalue weighted by Gasteiger charge is 2.37. The molecule has 0 N–H and O–H groups in total. The number of rotatable bonds is 3. The van der Waals surface area contributed by atoms with Crippen LogP contribution in [0.1, 0.15) is 16.7 Å². The Hall–Kier alpha value is -2.48. The number of nitrogens with zero attached hydrogens (tertiary/aromatic N) is 3. The molecule has 0 saturated carbocycles. The van der Waals surface area contributed by atoms with Gasteiger partial charge in [0, 0.05) is 24.5 Å². The van der Waals surface area contributed by atoms with E-state index in [9.17, 15) is 18.5 Å². The third-order valence-corrected chi connectivity index (χ3v) is 5.98. The zero-order valence-corrected chi connectivity index (χ0v) is 13.5. The van der Waals surface area contributed by atoms with Crippen molar-refractivity contribution < 1.29 is 13.3 Å². The van der Waals surface area contributed by atoms with Gasteiger partial charge in [0.15, 0.2) is 4.90 Å². The fraction of sp³-hybridized carbons (Fsp3) is 0.267. The van der Waals surface area contributed by atoms with Gasteiger partial charge >= 0.3 is 0 Å². The quantitative estimate of drug-likeness (QED) is 0.635. The molecular weight excluding hydrogens is 318 g/mol. The standard InChI is InChI=1S/C15H15N3O4S/c1-10-3-4-11(2)15(14(10)18(19)20)23(21,22)17-8-6-12-9-16-7-5-13(12)17/h3-5,7,9H,6,8H2,1-2H3. The van der Waals surface area contributed by atoms with Gasteiger partial charge in [0.25, 0.3) is 15.7 Å². The Morgan fingerprint density at radius 2 is 1.91 bits per heavy atom. The molecule has 8 heteroatoms. The summed E-state index contributed by atoms with van der Waals surface area (Å²) >= 11 is 0. The summed E-state index contributed by atoms with van der Waals surface area (Å²) in [6.45, 7) is 3.37. The molecule has 0 aliphatic carbocycles. The number of benzene rings is 1. The molecule has 0 fully saturated rings. The molecule has 0 amide bonds. The van der Waals surface area contributed by atoms with Gasteiger partial charge in [0.2, 0.25) is 0 Å². The first kappa shape index (κ1) is 15.4. The largest absolute Gasteiger partial charge is 0.293 e. The number of pyridine rings is 1. The van der Waals surface area contributed by atoms with E-state index in [0.29, 0.717) is 23.2 Å². The topological polar surface area (TPSA) is 93.4 Å². The van der Waals surface area contributed by atoms with Crippen LogP contribution in [-0.4, -0.2) is 24.9 Å². The normalized spacial score (nSPS) is 13.9. The number of aryl methyl sites for hydroxylation is 2. The Bertz CT molecular complexity index is 909. The lowest BCUT2D eigenvalue weighted by molar-refractivity contribution is -0.388. The lowest BCUT2D eigenvalue weighted by Crippen LogP contribution is -2.30. The summed E-state index contributed by atoms with van der Waals surface area (Å²) < 4.78 is 27.4. The predicted molar refractivity (Wildman–Crippen MR) is 85.0 cm³/mol. The molecule has 1 aliphatic heterocycles. The maximum Gasteiger partial charge on any atom is 0.293 e. The number of nitro benzene ring substituents is 1. The molecule has 3 rings (SSSR count). The van der Waals surface area contributed by atoms with E-state index >= 15 is 0 Å². The third-order valence-electron chi connectivity index (χ3n) is 3.99. The summed E-state index contributed by atoms with van der Waals surface area (Å²) in [6, 6.07) is 4.78. The molecule has 0 saturated heterocycles. The van der Waals surface area contributed by atoms with Crippen molar-refractivity contribution in [1.29, 1.82) is 0 Å². The highest BCUT2D eigenvalue weighted by atomic mass is 32.2. The average Bonchev–Trinajstić information content (AvgIpc) is 2.93.